The molecule has 1 saturated heterocycles. The highest BCUT2D eigenvalue weighted by Gasteiger charge is 2.31. The summed E-state index contributed by atoms with van der Waals surface area (Å²) in [5.74, 6) is 1.26. The average Bonchev–Trinajstić information content (AvgIpc) is 2.71. The number of urea groups is 1. The predicted molar refractivity (Wildman–Crippen MR) is 83.5 cm³/mol. The third-order valence-electron chi connectivity index (χ3n) is 4.81. The summed E-state index contributed by atoms with van der Waals surface area (Å²) in [7, 11) is 1.95. The third-order valence-corrected chi connectivity index (χ3v) is 4.81. The van der Waals surface area contributed by atoms with Crippen molar-refractivity contribution in [1.82, 2.24) is 19.8 Å². The molecular weight excluding hydrogens is 280 g/mol. The molecule has 1 aliphatic carbocycles. The van der Waals surface area contributed by atoms with Crippen molar-refractivity contribution in [3.05, 3.63) is 18.2 Å². The molecule has 22 heavy (non-hydrogen) atoms. The molecule has 6 heteroatoms. The van der Waals surface area contributed by atoms with E-state index in [1.54, 1.807) is 6.33 Å². The van der Waals surface area contributed by atoms with Gasteiger partial charge in [0.1, 0.15) is 0 Å². The first-order valence-corrected chi connectivity index (χ1v) is 8.30. The molecule has 2 amide bonds. The van der Waals surface area contributed by atoms with Crippen LogP contribution in [0.1, 0.15) is 25.0 Å². The first-order valence-electron chi connectivity index (χ1n) is 8.30. The van der Waals surface area contributed by atoms with E-state index in [1.807, 2.05) is 22.7 Å². The molecule has 3 rings (SSSR count). The minimum atomic E-state index is 0.0331. The highest BCUT2D eigenvalue weighted by molar-refractivity contribution is 5.74. The number of carbonyl (C=O) groups excluding carboxylic acids is 1. The van der Waals surface area contributed by atoms with Gasteiger partial charge in [-0.15, -0.1) is 0 Å². The molecule has 1 N–H and O–H groups in total. The SMILES string of the molecule is Cn1cnc(CCNC(=O)N2CCOCC(C3CCC3)C2)c1. The Hall–Kier alpha value is -1.56. The monoisotopic (exact) mass is 306 g/mol. The lowest BCUT2D eigenvalue weighted by molar-refractivity contribution is 0.0775. The molecule has 1 unspecified atom stereocenters. The van der Waals surface area contributed by atoms with Gasteiger partial charge in [0.2, 0.25) is 0 Å². The minimum absolute atomic E-state index is 0.0331. The fourth-order valence-corrected chi connectivity index (χ4v) is 3.22. The minimum Gasteiger partial charge on any atom is -0.379 e. The summed E-state index contributed by atoms with van der Waals surface area (Å²) in [5, 5.41) is 3.02. The Morgan fingerprint density at radius 1 is 1.45 bits per heavy atom. The van der Waals surface area contributed by atoms with Crippen molar-refractivity contribution in [3.63, 3.8) is 0 Å². The van der Waals surface area contributed by atoms with Crippen LogP contribution in [0.2, 0.25) is 0 Å². The zero-order chi connectivity index (χ0) is 15.4. The summed E-state index contributed by atoms with van der Waals surface area (Å²) in [6.07, 6.45) is 8.46. The van der Waals surface area contributed by atoms with E-state index in [0.717, 1.165) is 31.2 Å². The summed E-state index contributed by atoms with van der Waals surface area (Å²) in [5.41, 5.74) is 1.01. The molecule has 122 valence electrons. The number of nitrogens with zero attached hydrogens (tertiary/aromatic N) is 3. The van der Waals surface area contributed by atoms with Crippen molar-refractivity contribution in [2.24, 2.45) is 18.9 Å². The van der Waals surface area contributed by atoms with Gasteiger partial charge in [0.05, 0.1) is 25.2 Å². The molecule has 0 bridgehead atoms. The number of aryl methyl sites for hydroxylation is 1. The fraction of sp³-hybridized carbons (Fsp3) is 0.750. The molecule has 1 saturated carbocycles. The lowest BCUT2D eigenvalue weighted by atomic mass is 9.76. The van der Waals surface area contributed by atoms with Crippen LogP contribution >= 0.6 is 0 Å². The lowest BCUT2D eigenvalue weighted by Crippen LogP contribution is -2.45. The summed E-state index contributed by atoms with van der Waals surface area (Å²) in [6, 6.07) is 0.0331. The van der Waals surface area contributed by atoms with E-state index < -0.39 is 0 Å². The number of hydrogen-bond acceptors (Lipinski definition) is 3. The molecule has 1 aliphatic heterocycles. The highest BCUT2D eigenvalue weighted by atomic mass is 16.5. The van der Waals surface area contributed by atoms with E-state index >= 15 is 0 Å². The van der Waals surface area contributed by atoms with Gasteiger partial charge in [-0.05, 0) is 5.92 Å². The molecule has 6 nitrogen and oxygen atoms in total. The first kappa shape index (κ1) is 15.3. The van der Waals surface area contributed by atoms with E-state index in [9.17, 15) is 4.79 Å². The van der Waals surface area contributed by atoms with E-state index in [4.69, 9.17) is 4.74 Å². The quantitative estimate of drug-likeness (QED) is 0.915. The van der Waals surface area contributed by atoms with Gasteiger partial charge < -0.3 is 19.5 Å². The zero-order valence-corrected chi connectivity index (χ0v) is 13.3. The Labute approximate surface area is 131 Å². The van der Waals surface area contributed by atoms with E-state index in [0.29, 0.717) is 25.6 Å². The van der Waals surface area contributed by atoms with Gasteiger partial charge in [-0.3, -0.25) is 0 Å². The average molecular weight is 306 g/mol. The molecule has 1 atom stereocenters. The third kappa shape index (κ3) is 3.80. The molecule has 2 aliphatic rings. The normalized spacial score (nSPS) is 23.0. The van der Waals surface area contributed by atoms with Crippen molar-refractivity contribution < 1.29 is 9.53 Å². The van der Waals surface area contributed by atoms with Crippen molar-refractivity contribution >= 4 is 6.03 Å². The van der Waals surface area contributed by atoms with Crippen LogP contribution in [-0.4, -0.2) is 53.3 Å². The topological polar surface area (TPSA) is 59.4 Å². The summed E-state index contributed by atoms with van der Waals surface area (Å²) >= 11 is 0. The van der Waals surface area contributed by atoms with Gasteiger partial charge in [0.25, 0.3) is 0 Å². The van der Waals surface area contributed by atoms with Crippen molar-refractivity contribution in [1.29, 1.82) is 0 Å². The lowest BCUT2D eigenvalue weighted by Gasteiger charge is -2.34. The maximum Gasteiger partial charge on any atom is 0.317 e. The number of amides is 2. The van der Waals surface area contributed by atoms with Crippen LogP contribution in [-0.2, 0) is 18.2 Å². The van der Waals surface area contributed by atoms with Gasteiger partial charge in [-0.25, -0.2) is 9.78 Å². The van der Waals surface area contributed by atoms with Gasteiger partial charge >= 0.3 is 6.03 Å². The van der Waals surface area contributed by atoms with E-state index in [2.05, 4.69) is 10.3 Å². The predicted octanol–water partition coefficient (Wildman–Crippen LogP) is 1.42. The fourth-order valence-electron chi connectivity index (χ4n) is 3.22. The standard InChI is InChI=1S/C16H26N4O2/c1-19-10-15(18-12-19)5-6-17-16(21)20-7-8-22-11-14(9-20)13-3-2-4-13/h10,12-14H,2-9,11H2,1H3,(H,17,21). The second-order valence-electron chi connectivity index (χ2n) is 6.48. The number of carbonyl (C=O) groups is 1. The number of nitrogens with one attached hydrogen (secondary N) is 1. The van der Waals surface area contributed by atoms with Gasteiger partial charge in [0.15, 0.2) is 0 Å². The van der Waals surface area contributed by atoms with Crippen LogP contribution in [0, 0.1) is 11.8 Å². The maximum atomic E-state index is 12.4. The summed E-state index contributed by atoms with van der Waals surface area (Å²) in [6.45, 7) is 3.61. The smallest absolute Gasteiger partial charge is 0.317 e. The van der Waals surface area contributed by atoms with Crippen molar-refractivity contribution in [2.75, 3.05) is 32.8 Å². The van der Waals surface area contributed by atoms with Gasteiger partial charge in [0, 0.05) is 45.2 Å². The summed E-state index contributed by atoms with van der Waals surface area (Å²) in [4.78, 5) is 18.6. The Balaban J connectivity index is 1.45. The van der Waals surface area contributed by atoms with E-state index in [1.165, 1.54) is 19.3 Å². The maximum absolute atomic E-state index is 12.4. The first-order chi connectivity index (χ1) is 10.7. The molecule has 1 aromatic rings. The molecule has 0 aromatic carbocycles. The number of hydrogen-bond donors (Lipinski definition) is 1. The van der Waals surface area contributed by atoms with Crippen molar-refractivity contribution in [2.45, 2.75) is 25.7 Å². The second-order valence-corrected chi connectivity index (χ2v) is 6.48. The second kappa shape index (κ2) is 7.13. The Morgan fingerprint density at radius 2 is 2.32 bits per heavy atom. The van der Waals surface area contributed by atoms with Crippen LogP contribution in [0.4, 0.5) is 4.79 Å². The Kier molecular flexibility index (Phi) is 4.97. The summed E-state index contributed by atoms with van der Waals surface area (Å²) < 4.78 is 7.61. The number of imidazole rings is 1. The van der Waals surface area contributed by atoms with Crippen LogP contribution in [0.5, 0.6) is 0 Å². The van der Waals surface area contributed by atoms with E-state index in [-0.39, 0.29) is 6.03 Å². The van der Waals surface area contributed by atoms with Crippen LogP contribution in [0.25, 0.3) is 0 Å². The molecule has 2 heterocycles. The van der Waals surface area contributed by atoms with Crippen molar-refractivity contribution in [3.8, 4) is 0 Å². The van der Waals surface area contributed by atoms with Gasteiger partial charge in [-0.1, -0.05) is 19.3 Å². The molecular formula is C16H26N4O2. The molecule has 2 fully saturated rings. The molecule has 0 spiro atoms. The molecule has 0 radical (unpaired) electrons. The van der Waals surface area contributed by atoms with Crippen LogP contribution < -0.4 is 5.32 Å². The Morgan fingerprint density at radius 3 is 3.00 bits per heavy atom. The number of rotatable bonds is 4. The number of ether oxygens (including phenoxy) is 1. The van der Waals surface area contributed by atoms with Gasteiger partial charge in [-0.2, -0.15) is 0 Å². The zero-order valence-electron chi connectivity index (χ0n) is 13.3. The number of aromatic nitrogens is 2. The largest absolute Gasteiger partial charge is 0.379 e. The Bertz CT molecular complexity index is 498. The van der Waals surface area contributed by atoms with Crippen LogP contribution in [0.3, 0.4) is 0 Å². The van der Waals surface area contributed by atoms with Crippen LogP contribution in [0.15, 0.2) is 12.5 Å². The highest BCUT2D eigenvalue weighted by Crippen LogP contribution is 2.34. The molecule has 1 aromatic heterocycles.